The summed E-state index contributed by atoms with van der Waals surface area (Å²) in [5, 5.41) is 7.31. The van der Waals surface area contributed by atoms with Gasteiger partial charge in [0.15, 0.2) is 0 Å². The first-order chi connectivity index (χ1) is 13.5. The SMILES string of the molecule is COc1ccc(OC)c(-c2cc(C(=O)NCCc3ccc(F)cc3)n(C)n2)c1. The normalized spacial score (nSPS) is 10.6. The monoisotopic (exact) mass is 383 g/mol. The first-order valence-corrected chi connectivity index (χ1v) is 8.81. The summed E-state index contributed by atoms with van der Waals surface area (Å²) in [6, 6.07) is 13.4. The molecule has 0 aliphatic carbocycles. The molecule has 0 aliphatic heterocycles. The number of ether oxygens (including phenoxy) is 2. The maximum Gasteiger partial charge on any atom is 0.269 e. The molecule has 0 aliphatic rings. The van der Waals surface area contributed by atoms with Gasteiger partial charge in [0, 0.05) is 19.2 Å². The lowest BCUT2D eigenvalue weighted by Gasteiger charge is -2.08. The number of amides is 1. The van der Waals surface area contributed by atoms with E-state index in [1.54, 1.807) is 51.6 Å². The smallest absolute Gasteiger partial charge is 0.269 e. The maximum absolute atomic E-state index is 13.0. The first-order valence-electron chi connectivity index (χ1n) is 8.81. The van der Waals surface area contributed by atoms with Crippen molar-refractivity contribution in [2.75, 3.05) is 20.8 Å². The molecule has 2 aromatic carbocycles. The molecule has 0 spiro atoms. The van der Waals surface area contributed by atoms with Gasteiger partial charge >= 0.3 is 0 Å². The zero-order chi connectivity index (χ0) is 20.1. The Kier molecular flexibility index (Phi) is 5.93. The van der Waals surface area contributed by atoms with Crippen LogP contribution in [0.15, 0.2) is 48.5 Å². The molecule has 0 atom stereocenters. The van der Waals surface area contributed by atoms with E-state index in [1.807, 2.05) is 6.07 Å². The fourth-order valence-corrected chi connectivity index (χ4v) is 2.89. The molecule has 3 aromatic rings. The van der Waals surface area contributed by atoms with Crippen LogP contribution in [0.4, 0.5) is 4.39 Å². The Labute approximate surface area is 162 Å². The summed E-state index contributed by atoms with van der Waals surface area (Å²) >= 11 is 0. The molecule has 1 heterocycles. The van der Waals surface area contributed by atoms with Crippen molar-refractivity contribution in [3.8, 4) is 22.8 Å². The summed E-state index contributed by atoms with van der Waals surface area (Å²) in [4.78, 5) is 12.5. The number of carbonyl (C=O) groups excluding carboxylic acids is 1. The highest BCUT2D eigenvalue weighted by molar-refractivity contribution is 5.94. The van der Waals surface area contributed by atoms with E-state index in [1.165, 1.54) is 16.8 Å². The Bertz CT molecular complexity index is 968. The van der Waals surface area contributed by atoms with Gasteiger partial charge in [-0.15, -0.1) is 0 Å². The third kappa shape index (κ3) is 4.31. The van der Waals surface area contributed by atoms with Crippen LogP contribution in [0.5, 0.6) is 11.5 Å². The topological polar surface area (TPSA) is 65.4 Å². The standard InChI is InChI=1S/C21H22FN3O3/c1-25-19(21(26)23-11-10-14-4-6-15(22)7-5-14)13-18(24-25)17-12-16(27-2)8-9-20(17)28-3/h4-9,12-13H,10-11H2,1-3H3,(H,23,26). The van der Waals surface area contributed by atoms with E-state index >= 15 is 0 Å². The van der Waals surface area contributed by atoms with Crippen molar-refractivity contribution < 1.29 is 18.7 Å². The number of methoxy groups -OCH3 is 2. The second-order valence-corrected chi connectivity index (χ2v) is 6.24. The van der Waals surface area contributed by atoms with Gasteiger partial charge in [-0.3, -0.25) is 9.48 Å². The summed E-state index contributed by atoms with van der Waals surface area (Å²) in [6.45, 7) is 0.438. The Morgan fingerprint density at radius 3 is 2.54 bits per heavy atom. The molecule has 7 heteroatoms. The van der Waals surface area contributed by atoms with E-state index < -0.39 is 0 Å². The summed E-state index contributed by atoms with van der Waals surface area (Å²) in [5.74, 6) is 0.808. The minimum atomic E-state index is -0.275. The van der Waals surface area contributed by atoms with E-state index in [-0.39, 0.29) is 11.7 Å². The lowest BCUT2D eigenvalue weighted by Crippen LogP contribution is -2.27. The minimum absolute atomic E-state index is 0.231. The highest BCUT2D eigenvalue weighted by Gasteiger charge is 2.17. The zero-order valence-electron chi connectivity index (χ0n) is 16.0. The Morgan fingerprint density at radius 2 is 1.86 bits per heavy atom. The predicted molar refractivity (Wildman–Crippen MR) is 104 cm³/mol. The molecule has 3 rings (SSSR count). The van der Waals surface area contributed by atoms with Gasteiger partial charge in [0.1, 0.15) is 23.0 Å². The van der Waals surface area contributed by atoms with Gasteiger partial charge in [0.05, 0.1) is 19.9 Å². The molecule has 28 heavy (non-hydrogen) atoms. The van der Waals surface area contributed by atoms with Crippen molar-refractivity contribution in [3.63, 3.8) is 0 Å². The predicted octanol–water partition coefficient (Wildman–Crippen LogP) is 3.22. The van der Waals surface area contributed by atoms with Gasteiger partial charge in [-0.25, -0.2) is 4.39 Å². The van der Waals surface area contributed by atoms with Crippen LogP contribution < -0.4 is 14.8 Å². The molecule has 0 radical (unpaired) electrons. The lowest BCUT2D eigenvalue weighted by molar-refractivity contribution is 0.0944. The zero-order valence-corrected chi connectivity index (χ0v) is 16.0. The molecule has 0 fully saturated rings. The van der Waals surface area contributed by atoms with Crippen LogP contribution in [0.25, 0.3) is 11.3 Å². The summed E-state index contributed by atoms with van der Waals surface area (Å²) in [7, 11) is 4.88. The first kappa shape index (κ1) is 19.4. The second kappa shape index (κ2) is 8.56. The number of aromatic nitrogens is 2. The second-order valence-electron chi connectivity index (χ2n) is 6.24. The Hall–Kier alpha value is -3.35. The summed E-state index contributed by atoms with van der Waals surface area (Å²) in [6.07, 6.45) is 0.612. The van der Waals surface area contributed by atoms with Crippen LogP contribution in [-0.2, 0) is 13.5 Å². The van der Waals surface area contributed by atoms with Crippen LogP contribution >= 0.6 is 0 Å². The number of rotatable bonds is 7. The molecule has 1 aromatic heterocycles. The Balaban J connectivity index is 1.73. The van der Waals surface area contributed by atoms with Crippen molar-refractivity contribution in [2.24, 2.45) is 7.05 Å². The molecule has 1 N–H and O–H groups in total. The van der Waals surface area contributed by atoms with Crippen molar-refractivity contribution in [3.05, 3.63) is 65.6 Å². The molecule has 146 valence electrons. The highest BCUT2D eigenvalue weighted by atomic mass is 19.1. The molecule has 0 bridgehead atoms. The van der Waals surface area contributed by atoms with Crippen LogP contribution in [0, 0.1) is 5.82 Å². The number of carbonyl (C=O) groups is 1. The van der Waals surface area contributed by atoms with Crippen LogP contribution in [0.2, 0.25) is 0 Å². The molecule has 0 saturated carbocycles. The van der Waals surface area contributed by atoms with Gasteiger partial charge < -0.3 is 14.8 Å². The fourth-order valence-electron chi connectivity index (χ4n) is 2.89. The average molecular weight is 383 g/mol. The number of nitrogens with zero attached hydrogens (tertiary/aromatic N) is 2. The van der Waals surface area contributed by atoms with Crippen molar-refractivity contribution in [1.82, 2.24) is 15.1 Å². The third-order valence-corrected chi connectivity index (χ3v) is 4.41. The van der Waals surface area contributed by atoms with E-state index in [9.17, 15) is 9.18 Å². The van der Waals surface area contributed by atoms with Gasteiger partial charge in [-0.1, -0.05) is 12.1 Å². The van der Waals surface area contributed by atoms with E-state index in [4.69, 9.17) is 9.47 Å². The van der Waals surface area contributed by atoms with E-state index in [2.05, 4.69) is 10.4 Å². The van der Waals surface area contributed by atoms with Gasteiger partial charge in [0.2, 0.25) is 0 Å². The summed E-state index contributed by atoms with van der Waals surface area (Å²) in [5.41, 5.74) is 2.73. The number of benzene rings is 2. The number of nitrogens with one attached hydrogen (secondary N) is 1. The van der Waals surface area contributed by atoms with Gasteiger partial charge in [0.25, 0.3) is 5.91 Å². The maximum atomic E-state index is 13.0. The van der Waals surface area contributed by atoms with Crippen molar-refractivity contribution >= 4 is 5.91 Å². The number of hydrogen-bond acceptors (Lipinski definition) is 4. The number of halogens is 1. The molecule has 1 amide bonds. The molecular weight excluding hydrogens is 361 g/mol. The quantitative estimate of drug-likeness (QED) is 0.680. The van der Waals surface area contributed by atoms with Gasteiger partial charge in [-0.2, -0.15) is 5.10 Å². The van der Waals surface area contributed by atoms with Crippen LogP contribution in [0.1, 0.15) is 16.1 Å². The van der Waals surface area contributed by atoms with Crippen molar-refractivity contribution in [1.29, 1.82) is 0 Å². The van der Waals surface area contributed by atoms with E-state index in [0.29, 0.717) is 35.9 Å². The van der Waals surface area contributed by atoms with Gasteiger partial charge in [-0.05, 0) is 48.4 Å². The molecule has 0 unspecified atom stereocenters. The Morgan fingerprint density at radius 1 is 1.11 bits per heavy atom. The summed E-state index contributed by atoms with van der Waals surface area (Å²) < 4.78 is 25.1. The molecule has 6 nitrogen and oxygen atoms in total. The van der Waals surface area contributed by atoms with Crippen molar-refractivity contribution in [2.45, 2.75) is 6.42 Å². The highest BCUT2D eigenvalue weighted by Crippen LogP contribution is 2.32. The number of hydrogen-bond donors (Lipinski definition) is 1. The fraction of sp³-hybridized carbons (Fsp3) is 0.238. The minimum Gasteiger partial charge on any atom is -0.497 e. The average Bonchev–Trinajstić information content (AvgIpc) is 3.10. The number of aryl methyl sites for hydroxylation is 1. The third-order valence-electron chi connectivity index (χ3n) is 4.41. The lowest BCUT2D eigenvalue weighted by atomic mass is 10.1. The molecular formula is C21H22FN3O3. The largest absolute Gasteiger partial charge is 0.497 e. The molecule has 0 saturated heterocycles. The van der Waals surface area contributed by atoms with Crippen LogP contribution in [0.3, 0.4) is 0 Å². The van der Waals surface area contributed by atoms with E-state index in [0.717, 1.165) is 11.1 Å². The van der Waals surface area contributed by atoms with Crippen LogP contribution in [-0.4, -0.2) is 36.5 Å².